The molecule has 0 saturated heterocycles. The van der Waals surface area contributed by atoms with E-state index < -0.39 is 5.97 Å². The largest absolute Gasteiger partial charge is 0.480 e. The fraction of sp³-hybridized carbons (Fsp3) is 0.923. The van der Waals surface area contributed by atoms with Crippen molar-refractivity contribution < 1.29 is 14.6 Å². The van der Waals surface area contributed by atoms with Gasteiger partial charge in [-0.3, -0.25) is 4.79 Å². The van der Waals surface area contributed by atoms with Gasteiger partial charge in [0.25, 0.3) is 0 Å². The Kier molecular flexibility index (Phi) is 5.92. The molecule has 1 unspecified atom stereocenters. The molecule has 100 valence electrons. The third kappa shape index (κ3) is 5.04. The summed E-state index contributed by atoms with van der Waals surface area (Å²) in [7, 11) is 1.71. The Labute approximate surface area is 104 Å². The molecule has 0 amide bonds. The van der Waals surface area contributed by atoms with Gasteiger partial charge in [0.05, 0.1) is 0 Å². The minimum atomic E-state index is -0.721. The number of ether oxygens (including phenoxy) is 1. The molecule has 1 rings (SSSR count). The number of aliphatic carboxylic acids is 1. The molecule has 0 radical (unpaired) electrons. The highest BCUT2D eigenvalue weighted by Gasteiger charge is 2.42. The summed E-state index contributed by atoms with van der Waals surface area (Å²) in [5.41, 5.74) is 0.315. The Morgan fingerprint density at radius 3 is 2.71 bits per heavy atom. The van der Waals surface area contributed by atoms with E-state index in [1.165, 1.54) is 12.8 Å². The molecule has 0 aliphatic heterocycles. The van der Waals surface area contributed by atoms with Crippen molar-refractivity contribution in [3.63, 3.8) is 0 Å². The summed E-state index contributed by atoms with van der Waals surface area (Å²) in [5.74, 6) is -0.721. The molecule has 1 aliphatic rings. The molecule has 1 saturated carbocycles. The van der Waals surface area contributed by atoms with Crippen LogP contribution in [0.4, 0.5) is 0 Å². The number of methoxy groups -OCH3 is 1. The maximum absolute atomic E-state index is 11.1. The molecule has 0 aromatic carbocycles. The Morgan fingerprint density at radius 2 is 2.24 bits per heavy atom. The van der Waals surface area contributed by atoms with Crippen LogP contribution in [0, 0.1) is 5.41 Å². The van der Waals surface area contributed by atoms with Crippen molar-refractivity contribution in [2.75, 3.05) is 20.3 Å². The topological polar surface area (TPSA) is 58.6 Å². The highest BCUT2D eigenvalue weighted by molar-refractivity contribution is 5.73. The number of carbonyl (C=O) groups is 1. The van der Waals surface area contributed by atoms with Crippen molar-refractivity contribution >= 4 is 5.97 Å². The van der Waals surface area contributed by atoms with Gasteiger partial charge in [-0.25, -0.2) is 0 Å². The molecule has 4 nitrogen and oxygen atoms in total. The Bertz CT molecular complexity index is 239. The lowest BCUT2D eigenvalue weighted by Gasteiger charge is -2.19. The molecule has 0 aromatic rings. The zero-order valence-electron chi connectivity index (χ0n) is 11.0. The smallest absolute Gasteiger partial charge is 0.320 e. The van der Waals surface area contributed by atoms with Gasteiger partial charge in [0.1, 0.15) is 6.04 Å². The quantitative estimate of drug-likeness (QED) is 0.616. The fourth-order valence-electron chi connectivity index (χ4n) is 2.07. The van der Waals surface area contributed by atoms with E-state index in [1.807, 2.05) is 0 Å². The second kappa shape index (κ2) is 6.97. The average Bonchev–Trinajstić information content (AvgIpc) is 3.07. The third-order valence-corrected chi connectivity index (χ3v) is 3.66. The van der Waals surface area contributed by atoms with E-state index in [4.69, 9.17) is 9.84 Å². The van der Waals surface area contributed by atoms with Crippen LogP contribution in [0.3, 0.4) is 0 Å². The van der Waals surface area contributed by atoms with Crippen LogP contribution in [0.2, 0.25) is 0 Å². The number of hydrogen-bond donors (Lipinski definition) is 2. The van der Waals surface area contributed by atoms with Crippen LogP contribution in [-0.2, 0) is 9.53 Å². The molecule has 0 bridgehead atoms. The van der Waals surface area contributed by atoms with Gasteiger partial charge in [-0.1, -0.05) is 19.8 Å². The molecule has 0 spiro atoms. The van der Waals surface area contributed by atoms with Crippen LogP contribution in [0.5, 0.6) is 0 Å². The van der Waals surface area contributed by atoms with Crippen LogP contribution >= 0.6 is 0 Å². The first kappa shape index (κ1) is 14.5. The van der Waals surface area contributed by atoms with Crippen LogP contribution in [0.1, 0.15) is 45.4 Å². The standard InChI is InChI=1S/C13H25NO3/c1-3-4-5-11(12(15)16)14-10-13(6-7-13)8-9-17-2/h11,14H,3-10H2,1-2H3,(H,15,16). The first-order chi connectivity index (χ1) is 8.13. The maximum Gasteiger partial charge on any atom is 0.320 e. The summed E-state index contributed by atoms with van der Waals surface area (Å²) in [4.78, 5) is 11.1. The number of rotatable bonds is 10. The lowest BCUT2D eigenvalue weighted by Crippen LogP contribution is -2.40. The number of carboxylic acids is 1. The van der Waals surface area contributed by atoms with Gasteiger partial charge in [0.2, 0.25) is 0 Å². The van der Waals surface area contributed by atoms with Crippen LogP contribution in [0.15, 0.2) is 0 Å². The first-order valence-electron chi connectivity index (χ1n) is 6.59. The fourth-order valence-corrected chi connectivity index (χ4v) is 2.07. The van der Waals surface area contributed by atoms with Gasteiger partial charge in [0, 0.05) is 20.3 Å². The lowest BCUT2D eigenvalue weighted by atomic mass is 10.0. The van der Waals surface area contributed by atoms with E-state index in [9.17, 15) is 4.79 Å². The zero-order chi connectivity index (χ0) is 12.7. The van der Waals surface area contributed by atoms with Crippen molar-refractivity contribution in [3.05, 3.63) is 0 Å². The summed E-state index contributed by atoms with van der Waals surface area (Å²) in [6.07, 6.45) is 6.17. The number of carboxylic acid groups (broad SMARTS) is 1. The Morgan fingerprint density at radius 1 is 1.53 bits per heavy atom. The number of nitrogens with one attached hydrogen (secondary N) is 1. The van der Waals surface area contributed by atoms with Gasteiger partial charge < -0.3 is 15.2 Å². The minimum absolute atomic E-state index is 0.315. The van der Waals surface area contributed by atoms with E-state index in [-0.39, 0.29) is 6.04 Å². The monoisotopic (exact) mass is 243 g/mol. The van der Waals surface area contributed by atoms with E-state index in [1.54, 1.807) is 7.11 Å². The van der Waals surface area contributed by atoms with Crippen molar-refractivity contribution in [2.45, 2.75) is 51.5 Å². The predicted octanol–water partition coefficient (Wildman–Crippen LogP) is 2.04. The number of unbranched alkanes of at least 4 members (excludes halogenated alkanes) is 1. The second-order valence-corrected chi connectivity index (χ2v) is 5.16. The Hall–Kier alpha value is -0.610. The van der Waals surface area contributed by atoms with E-state index in [2.05, 4.69) is 12.2 Å². The van der Waals surface area contributed by atoms with Gasteiger partial charge in [-0.15, -0.1) is 0 Å². The highest BCUT2D eigenvalue weighted by atomic mass is 16.5. The SMILES string of the molecule is CCCCC(NCC1(CCOC)CC1)C(=O)O. The molecule has 2 N–H and O–H groups in total. The van der Waals surface area contributed by atoms with Crippen LogP contribution in [-0.4, -0.2) is 37.4 Å². The molecule has 4 heteroatoms. The minimum Gasteiger partial charge on any atom is -0.480 e. The normalized spacial score (nSPS) is 18.9. The van der Waals surface area contributed by atoms with Crippen molar-refractivity contribution in [1.82, 2.24) is 5.32 Å². The summed E-state index contributed by atoms with van der Waals surface area (Å²) < 4.78 is 5.09. The van der Waals surface area contributed by atoms with Gasteiger partial charge in [0.15, 0.2) is 0 Å². The molecule has 17 heavy (non-hydrogen) atoms. The van der Waals surface area contributed by atoms with Crippen LogP contribution in [0.25, 0.3) is 0 Å². The molecule has 0 heterocycles. The van der Waals surface area contributed by atoms with E-state index in [0.717, 1.165) is 38.8 Å². The molecule has 1 aliphatic carbocycles. The zero-order valence-corrected chi connectivity index (χ0v) is 11.0. The van der Waals surface area contributed by atoms with Crippen molar-refractivity contribution in [1.29, 1.82) is 0 Å². The summed E-state index contributed by atoms with van der Waals surface area (Å²) in [6, 6.07) is -0.380. The highest BCUT2D eigenvalue weighted by Crippen LogP contribution is 2.48. The average molecular weight is 243 g/mol. The lowest BCUT2D eigenvalue weighted by molar-refractivity contribution is -0.139. The van der Waals surface area contributed by atoms with Gasteiger partial charge >= 0.3 is 5.97 Å². The van der Waals surface area contributed by atoms with Crippen molar-refractivity contribution in [3.8, 4) is 0 Å². The molecule has 0 aromatic heterocycles. The Balaban J connectivity index is 2.28. The summed E-state index contributed by atoms with van der Waals surface area (Å²) in [6.45, 7) is 3.67. The van der Waals surface area contributed by atoms with E-state index in [0.29, 0.717) is 5.41 Å². The summed E-state index contributed by atoms with van der Waals surface area (Å²) in [5, 5.41) is 12.3. The molecule has 1 fully saturated rings. The first-order valence-corrected chi connectivity index (χ1v) is 6.59. The van der Waals surface area contributed by atoms with Crippen molar-refractivity contribution in [2.24, 2.45) is 5.41 Å². The number of hydrogen-bond acceptors (Lipinski definition) is 3. The van der Waals surface area contributed by atoms with Gasteiger partial charge in [-0.2, -0.15) is 0 Å². The van der Waals surface area contributed by atoms with E-state index >= 15 is 0 Å². The summed E-state index contributed by atoms with van der Waals surface area (Å²) >= 11 is 0. The second-order valence-electron chi connectivity index (χ2n) is 5.16. The maximum atomic E-state index is 11.1. The van der Waals surface area contributed by atoms with Crippen LogP contribution < -0.4 is 5.32 Å². The third-order valence-electron chi connectivity index (χ3n) is 3.66. The molecular formula is C13H25NO3. The molecule has 1 atom stereocenters. The molecular weight excluding hydrogens is 218 g/mol. The predicted molar refractivity (Wildman–Crippen MR) is 67.1 cm³/mol. The van der Waals surface area contributed by atoms with Gasteiger partial charge in [-0.05, 0) is 31.1 Å².